The van der Waals surface area contributed by atoms with Gasteiger partial charge in [-0.2, -0.15) is 0 Å². The molecule has 0 atom stereocenters. The number of nitrogens with zero attached hydrogens (tertiary/aromatic N) is 1. The molecule has 0 bridgehead atoms. The highest BCUT2D eigenvalue weighted by Gasteiger charge is 2.15. The van der Waals surface area contributed by atoms with Crippen molar-refractivity contribution in [1.29, 1.82) is 0 Å². The van der Waals surface area contributed by atoms with E-state index in [1.165, 1.54) is 16.9 Å². The Kier molecular flexibility index (Phi) is 5.30. The third-order valence-electron chi connectivity index (χ3n) is 4.41. The highest BCUT2D eigenvalue weighted by atomic mass is 28.3. The molecule has 1 heterocycles. The van der Waals surface area contributed by atoms with Crippen LogP contribution in [0, 0.1) is 0 Å². The molecule has 0 aliphatic rings. The summed E-state index contributed by atoms with van der Waals surface area (Å²) in [4.78, 5) is 0. The molecule has 3 nitrogen and oxygen atoms in total. The normalized spacial score (nSPS) is 11.8. The van der Waals surface area contributed by atoms with Crippen molar-refractivity contribution in [1.82, 2.24) is 4.57 Å². The third kappa shape index (κ3) is 4.14. The fourth-order valence-electron chi connectivity index (χ4n) is 2.96. The minimum absolute atomic E-state index is 0.561. The first kappa shape index (κ1) is 17.8. The van der Waals surface area contributed by atoms with Crippen molar-refractivity contribution >= 4 is 19.0 Å². The van der Waals surface area contributed by atoms with Crippen LogP contribution in [0.3, 0.4) is 0 Å². The van der Waals surface area contributed by atoms with Crippen LogP contribution in [-0.2, 0) is 11.5 Å². The van der Waals surface area contributed by atoms with E-state index in [1.807, 2.05) is 18.2 Å². The zero-order valence-electron chi connectivity index (χ0n) is 15.6. The number of benzene rings is 2. The lowest BCUT2D eigenvalue weighted by Crippen LogP contribution is -2.22. The van der Waals surface area contributed by atoms with Crippen LogP contribution in [0.15, 0.2) is 54.6 Å². The van der Waals surface area contributed by atoms with E-state index in [-0.39, 0.29) is 0 Å². The first-order chi connectivity index (χ1) is 12.0. The fraction of sp³-hybridized carbons (Fsp3) is 0.333. The highest BCUT2D eigenvalue weighted by Crippen LogP contribution is 2.34. The molecule has 132 valence electrons. The van der Waals surface area contributed by atoms with Crippen molar-refractivity contribution in [3.63, 3.8) is 0 Å². The van der Waals surface area contributed by atoms with Crippen LogP contribution in [0.25, 0.3) is 22.2 Å². The minimum atomic E-state index is -1.08. The van der Waals surface area contributed by atoms with E-state index in [1.54, 1.807) is 7.11 Å². The Labute approximate surface area is 151 Å². The van der Waals surface area contributed by atoms with Gasteiger partial charge < -0.3 is 14.0 Å². The molecular formula is C21H27NO2Si. The molecule has 0 aliphatic carbocycles. The van der Waals surface area contributed by atoms with Crippen LogP contribution in [-0.4, -0.2) is 26.4 Å². The predicted octanol–water partition coefficient (Wildman–Crippen LogP) is 5.63. The summed E-state index contributed by atoms with van der Waals surface area (Å²) < 4.78 is 13.9. The zero-order valence-corrected chi connectivity index (χ0v) is 16.6. The smallest absolute Gasteiger partial charge is 0.128 e. The summed E-state index contributed by atoms with van der Waals surface area (Å²) in [6, 6.07) is 20.0. The van der Waals surface area contributed by atoms with Crippen LogP contribution in [0.2, 0.25) is 25.7 Å². The van der Waals surface area contributed by atoms with Gasteiger partial charge in [0.1, 0.15) is 12.5 Å². The maximum absolute atomic E-state index is 6.05. The monoisotopic (exact) mass is 353 g/mol. The summed E-state index contributed by atoms with van der Waals surface area (Å²) >= 11 is 0. The summed E-state index contributed by atoms with van der Waals surface area (Å²) in [6.07, 6.45) is 0. The molecule has 0 unspecified atom stereocenters. The van der Waals surface area contributed by atoms with Gasteiger partial charge in [0.05, 0.1) is 18.3 Å². The minimum Gasteiger partial charge on any atom is -0.496 e. The summed E-state index contributed by atoms with van der Waals surface area (Å²) in [6.45, 7) is 8.50. The second-order valence-corrected chi connectivity index (χ2v) is 13.2. The third-order valence-corrected chi connectivity index (χ3v) is 6.11. The lowest BCUT2D eigenvalue weighted by Gasteiger charge is -2.17. The highest BCUT2D eigenvalue weighted by molar-refractivity contribution is 6.76. The van der Waals surface area contributed by atoms with Gasteiger partial charge in [0, 0.05) is 25.6 Å². The molecule has 0 amide bonds. The van der Waals surface area contributed by atoms with Gasteiger partial charge in [0.2, 0.25) is 0 Å². The molecule has 0 radical (unpaired) electrons. The summed E-state index contributed by atoms with van der Waals surface area (Å²) in [5, 5.41) is 1.22. The van der Waals surface area contributed by atoms with Crippen LogP contribution < -0.4 is 4.74 Å². The Morgan fingerprint density at radius 1 is 0.960 bits per heavy atom. The summed E-state index contributed by atoms with van der Waals surface area (Å²) in [5.74, 6) is 0.883. The van der Waals surface area contributed by atoms with Gasteiger partial charge >= 0.3 is 0 Å². The second kappa shape index (κ2) is 7.46. The van der Waals surface area contributed by atoms with E-state index in [2.05, 4.69) is 60.6 Å². The van der Waals surface area contributed by atoms with E-state index in [0.717, 1.165) is 23.6 Å². The van der Waals surface area contributed by atoms with Crippen molar-refractivity contribution in [2.24, 2.45) is 0 Å². The molecule has 3 aromatic rings. The molecular weight excluding hydrogens is 326 g/mol. The number of hydrogen-bond acceptors (Lipinski definition) is 2. The first-order valence-electron chi connectivity index (χ1n) is 8.79. The molecule has 0 saturated carbocycles. The zero-order chi connectivity index (χ0) is 17.9. The van der Waals surface area contributed by atoms with Gasteiger partial charge in [-0.05, 0) is 30.3 Å². The number of para-hydroxylation sites is 2. The van der Waals surface area contributed by atoms with Crippen molar-refractivity contribution < 1.29 is 9.47 Å². The molecule has 1 aromatic heterocycles. The number of fused-ring (bicyclic) bond motifs is 1. The lowest BCUT2D eigenvalue weighted by atomic mass is 10.1. The van der Waals surface area contributed by atoms with Gasteiger partial charge in [-0.25, -0.2) is 0 Å². The topological polar surface area (TPSA) is 23.4 Å². The molecule has 25 heavy (non-hydrogen) atoms. The molecule has 2 aromatic carbocycles. The van der Waals surface area contributed by atoms with Crippen molar-refractivity contribution in [3.05, 3.63) is 54.6 Å². The number of aromatic nitrogens is 1. The Balaban J connectivity index is 1.95. The second-order valence-electron chi connectivity index (χ2n) is 7.56. The molecule has 0 fully saturated rings. The van der Waals surface area contributed by atoms with Crippen LogP contribution >= 0.6 is 0 Å². The maximum Gasteiger partial charge on any atom is 0.128 e. The molecule has 0 N–H and O–H groups in total. The molecule has 0 saturated heterocycles. The number of ether oxygens (including phenoxy) is 2. The van der Waals surface area contributed by atoms with Crippen molar-refractivity contribution in [2.45, 2.75) is 32.4 Å². The van der Waals surface area contributed by atoms with Crippen LogP contribution in [0.5, 0.6) is 5.75 Å². The Morgan fingerprint density at radius 2 is 1.68 bits per heavy atom. The number of methoxy groups -OCH3 is 1. The maximum atomic E-state index is 6.05. The quantitative estimate of drug-likeness (QED) is 0.406. The summed E-state index contributed by atoms with van der Waals surface area (Å²) in [5.41, 5.74) is 3.41. The van der Waals surface area contributed by atoms with Gasteiger partial charge in [-0.1, -0.05) is 50.0 Å². The first-order valence-corrected chi connectivity index (χ1v) is 12.5. The predicted molar refractivity (Wildman–Crippen MR) is 108 cm³/mol. The molecule has 4 heteroatoms. The van der Waals surface area contributed by atoms with Gasteiger partial charge in [-0.3, -0.25) is 0 Å². The lowest BCUT2D eigenvalue weighted by molar-refractivity contribution is 0.0912. The van der Waals surface area contributed by atoms with Gasteiger partial charge in [0.15, 0.2) is 0 Å². The van der Waals surface area contributed by atoms with E-state index >= 15 is 0 Å². The standard InChI is InChI=1S/C21H27NO2Si/c1-23-21-12-8-6-10-18(21)20-15-17-9-5-7-11-19(17)22(20)16-24-13-14-25(2,3)4/h5-12,15H,13-14,16H2,1-4H3. The van der Waals surface area contributed by atoms with E-state index in [9.17, 15) is 0 Å². The van der Waals surface area contributed by atoms with E-state index in [0.29, 0.717) is 6.73 Å². The largest absolute Gasteiger partial charge is 0.496 e. The Bertz CT molecular complexity index is 848. The fourth-order valence-corrected chi connectivity index (χ4v) is 3.72. The average Bonchev–Trinajstić information content (AvgIpc) is 2.96. The Hall–Kier alpha value is -2.04. The molecule has 0 spiro atoms. The average molecular weight is 354 g/mol. The van der Waals surface area contributed by atoms with E-state index in [4.69, 9.17) is 9.47 Å². The van der Waals surface area contributed by atoms with Gasteiger partial charge in [0.25, 0.3) is 0 Å². The molecule has 3 rings (SSSR count). The van der Waals surface area contributed by atoms with Crippen molar-refractivity contribution in [3.8, 4) is 17.0 Å². The van der Waals surface area contributed by atoms with Crippen molar-refractivity contribution in [2.75, 3.05) is 13.7 Å². The Morgan fingerprint density at radius 3 is 2.44 bits per heavy atom. The molecule has 0 aliphatic heterocycles. The van der Waals surface area contributed by atoms with Crippen LogP contribution in [0.4, 0.5) is 0 Å². The van der Waals surface area contributed by atoms with Gasteiger partial charge in [-0.15, -0.1) is 0 Å². The summed E-state index contributed by atoms with van der Waals surface area (Å²) in [7, 11) is 0.639. The number of rotatable bonds is 7. The number of hydrogen-bond donors (Lipinski definition) is 0. The SMILES string of the molecule is COc1ccccc1-c1cc2ccccc2n1COCC[Si](C)(C)C. The van der Waals surface area contributed by atoms with E-state index < -0.39 is 8.07 Å². The van der Waals surface area contributed by atoms with Crippen LogP contribution in [0.1, 0.15) is 0 Å².